The minimum absolute atomic E-state index is 0.0295. The van der Waals surface area contributed by atoms with E-state index < -0.39 is 27.7 Å². The fourth-order valence-corrected chi connectivity index (χ4v) is 11.3. The number of guanidine groups is 1. The van der Waals surface area contributed by atoms with Crippen molar-refractivity contribution in [1.82, 2.24) is 30.1 Å². The molecule has 1 fully saturated rings. The molecule has 67 heavy (non-hydrogen) atoms. The topological polar surface area (TPSA) is 174 Å². The van der Waals surface area contributed by atoms with E-state index in [1.807, 2.05) is 136 Å². The summed E-state index contributed by atoms with van der Waals surface area (Å²) in [4.78, 5) is 41.3. The van der Waals surface area contributed by atoms with Crippen LogP contribution in [0.4, 0.5) is 4.79 Å². The van der Waals surface area contributed by atoms with Gasteiger partial charge in [0, 0.05) is 67.8 Å². The first-order valence-corrected chi connectivity index (χ1v) is 24.6. The van der Waals surface area contributed by atoms with Gasteiger partial charge in [0.05, 0.1) is 17.0 Å². The van der Waals surface area contributed by atoms with Crippen LogP contribution in [0.1, 0.15) is 71.2 Å². The number of rotatable bonds is 16. The lowest BCUT2D eigenvalue weighted by Crippen LogP contribution is -2.67. The van der Waals surface area contributed by atoms with Crippen molar-refractivity contribution in [1.29, 1.82) is 0 Å². The number of carbonyl (C=O) groups is 2. The van der Waals surface area contributed by atoms with E-state index in [1.54, 1.807) is 6.92 Å². The van der Waals surface area contributed by atoms with Gasteiger partial charge in [-0.1, -0.05) is 109 Å². The maximum absolute atomic E-state index is 15.0. The Balaban J connectivity index is 1.09. The van der Waals surface area contributed by atoms with Crippen molar-refractivity contribution in [2.45, 2.75) is 109 Å². The average Bonchev–Trinajstić information content (AvgIpc) is 3.88. The molecule has 6 aromatic rings. The SMILES string of the molecule is Cc1c(C)c(S(=O)(=O)NC(N)=NCCC[C@H]2C(=O)N(Cc3ccccc3)C[C@H]([C@H](Cc3c[nH]c4ccccc34)NC(=O)NCc3ccccc3)N2Cc2ccccc2)c(C)c2c1OC(C)(C)C2. The van der Waals surface area contributed by atoms with E-state index in [0.29, 0.717) is 63.0 Å². The number of amides is 3. The van der Waals surface area contributed by atoms with Crippen LogP contribution in [0.25, 0.3) is 10.9 Å². The van der Waals surface area contributed by atoms with Crippen LogP contribution in [0.3, 0.4) is 0 Å². The predicted octanol–water partition coefficient (Wildman–Crippen LogP) is 7.57. The predicted molar refractivity (Wildman–Crippen MR) is 264 cm³/mol. The number of nitrogens with one attached hydrogen (secondary N) is 4. The third kappa shape index (κ3) is 10.8. The van der Waals surface area contributed by atoms with Crippen molar-refractivity contribution in [3.63, 3.8) is 0 Å². The Morgan fingerprint density at radius 1 is 0.866 bits per heavy atom. The normalized spacial score (nSPS) is 17.8. The van der Waals surface area contributed by atoms with E-state index in [4.69, 9.17) is 10.5 Å². The summed E-state index contributed by atoms with van der Waals surface area (Å²) in [5.41, 5.74) is 13.9. The van der Waals surface area contributed by atoms with E-state index >= 15 is 0 Å². The van der Waals surface area contributed by atoms with Crippen molar-refractivity contribution in [3.05, 3.63) is 166 Å². The van der Waals surface area contributed by atoms with Crippen LogP contribution in [0.15, 0.2) is 131 Å². The standard InChI is InChI=1S/C53H62N8O5S/c1-35-36(2)49(37(3)43-29-53(4,5)66-48(35)43)67(64,65)59-51(54)55-27-17-26-46-50(62)60(32-39-20-11-7-12-21-39)34-47(61(46)33-40-22-13-8-14-23-40)45(28-41-31-56-44-25-16-15-24-42(41)44)58-52(63)57-30-38-18-9-6-10-19-38/h6-16,18-25,31,45-47,56H,17,26-30,32-34H2,1-5H3,(H3,54,55,59)(H2,57,58,63)/t45-,46-,47+/m0/s1. The molecule has 0 aliphatic carbocycles. The molecule has 0 spiro atoms. The molecule has 3 heterocycles. The Labute approximate surface area is 394 Å². The highest BCUT2D eigenvalue weighted by Gasteiger charge is 2.44. The molecule has 6 N–H and O–H groups in total. The number of aromatic nitrogens is 1. The number of fused-ring (bicyclic) bond motifs is 2. The number of hydrogen-bond acceptors (Lipinski definition) is 7. The number of aromatic amines is 1. The molecule has 1 saturated heterocycles. The van der Waals surface area contributed by atoms with Crippen LogP contribution in [0.5, 0.6) is 5.75 Å². The van der Waals surface area contributed by atoms with E-state index in [2.05, 4.69) is 48.4 Å². The molecule has 5 aromatic carbocycles. The van der Waals surface area contributed by atoms with Gasteiger partial charge in [0.15, 0.2) is 0 Å². The Morgan fingerprint density at radius 2 is 1.49 bits per heavy atom. The van der Waals surface area contributed by atoms with E-state index in [1.165, 1.54) is 0 Å². The van der Waals surface area contributed by atoms with Gasteiger partial charge in [-0.15, -0.1) is 0 Å². The Hall–Kier alpha value is -6.64. The van der Waals surface area contributed by atoms with Gasteiger partial charge < -0.3 is 31.0 Å². The molecule has 350 valence electrons. The fourth-order valence-electron chi connectivity index (χ4n) is 9.79. The summed E-state index contributed by atoms with van der Waals surface area (Å²) in [6, 6.07) is 36.2. The van der Waals surface area contributed by atoms with Gasteiger partial charge in [-0.05, 0) is 98.9 Å². The molecular weight excluding hydrogens is 861 g/mol. The molecule has 0 bridgehead atoms. The largest absolute Gasteiger partial charge is 0.487 e. The van der Waals surface area contributed by atoms with Crippen molar-refractivity contribution in [3.8, 4) is 5.75 Å². The molecule has 14 heteroatoms. The number of benzene rings is 5. The number of sulfonamides is 1. The lowest BCUT2D eigenvalue weighted by molar-refractivity contribution is -0.148. The number of ether oxygens (including phenoxy) is 1. The number of H-pyrrole nitrogens is 1. The van der Waals surface area contributed by atoms with Gasteiger partial charge in [-0.3, -0.25) is 14.7 Å². The van der Waals surface area contributed by atoms with E-state index in [9.17, 15) is 18.0 Å². The summed E-state index contributed by atoms with van der Waals surface area (Å²) < 4.78 is 36.7. The van der Waals surface area contributed by atoms with E-state index in [-0.39, 0.29) is 35.4 Å². The van der Waals surface area contributed by atoms with Crippen LogP contribution in [0, 0.1) is 20.8 Å². The number of urea groups is 1. The molecule has 3 atom stereocenters. The summed E-state index contributed by atoms with van der Waals surface area (Å²) >= 11 is 0. The van der Waals surface area contributed by atoms with Gasteiger partial charge >= 0.3 is 6.03 Å². The van der Waals surface area contributed by atoms with Crippen molar-refractivity contribution in [2.24, 2.45) is 10.7 Å². The first-order chi connectivity index (χ1) is 32.2. The highest BCUT2D eigenvalue weighted by molar-refractivity contribution is 7.90. The molecule has 0 unspecified atom stereocenters. The number of para-hydroxylation sites is 1. The second kappa shape index (κ2) is 20.1. The first-order valence-electron chi connectivity index (χ1n) is 23.1. The van der Waals surface area contributed by atoms with Gasteiger partial charge in [0.1, 0.15) is 11.4 Å². The maximum Gasteiger partial charge on any atom is 0.315 e. The Kier molecular flexibility index (Phi) is 14.0. The van der Waals surface area contributed by atoms with Crippen LogP contribution < -0.4 is 25.8 Å². The van der Waals surface area contributed by atoms with Gasteiger partial charge in [-0.25, -0.2) is 17.9 Å². The van der Waals surface area contributed by atoms with Crippen LogP contribution in [-0.2, 0) is 47.3 Å². The highest BCUT2D eigenvalue weighted by Crippen LogP contribution is 2.43. The van der Waals surface area contributed by atoms with E-state index in [0.717, 1.165) is 50.0 Å². The lowest BCUT2D eigenvalue weighted by atomic mass is 9.91. The fraction of sp³-hybridized carbons (Fsp3) is 0.340. The molecule has 2 aliphatic rings. The summed E-state index contributed by atoms with van der Waals surface area (Å²) in [5.74, 6) is 0.492. The summed E-state index contributed by atoms with van der Waals surface area (Å²) in [6.07, 6.45) is 3.92. The Bertz CT molecular complexity index is 2850. The minimum atomic E-state index is -4.10. The number of hydrogen-bond donors (Lipinski definition) is 5. The summed E-state index contributed by atoms with van der Waals surface area (Å²) in [6.45, 7) is 11.2. The lowest BCUT2D eigenvalue weighted by Gasteiger charge is -2.49. The quantitative estimate of drug-likeness (QED) is 0.0378. The monoisotopic (exact) mass is 922 g/mol. The second-order valence-electron chi connectivity index (χ2n) is 18.5. The number of piperazine rings is 1. The molecule has 3 amide bonds. The van der Waals surface area contributed by atoms with Crippen molar-refractivity contribution < 1.29 is 22.7 Å². The van der Waals surface area contributed by atoms with Crippen molar-refractivity contribution >= 4 is 38.8 Å². The van der Waals surface area contributed by atoms with Crippen LogP contribution >= 0.6 is 0 Å². The molecule has 2 aliphatic heterocycles. The highest BCUT2D eigenvalue weighted by atomic mass is 32.2. The molecule has 13 nitrogen and oxygen atoms in total. The molecule has 8 rings (SSSR count). The van der Waals surface area contributed by atoms with Gasteiger partial charge in [0.25, 0.3) is 10.0 Å². The van der Waals surface area contributed by atoms with Gasteiger partial charge in [-0.2, -0.15) is 0 Å². The third-order valence-electron chi connectivity index (χ3n) is 13.2. The molecule has 0 saturated carbocycles. The van der Waals surface area contributed by atoms with Crippen LogP contribution in [-0.4, -0.2) is 77.9 Å². The average molecular weight is 923 g/mol. The zero-order valence-corrected chi connectivity index (χ0v) is 39.8. The minimum Gasteiger partial charge on any atom is -0.487 e. The third-order valence-corrected chi connectivity index (χ3v) is 14.8. The smallest absolute Gasteiger partial charge is 0.315 e. The zero-order chi connectivity index (χ0) is 47.3. The first kappa shape index (κ1) is 46.9. The number of nitrogens with two attached hydrogens (primary N) is 1. The summed E-state index contributed by atoms with van der Waals surface area (Å²) in [7, 11) is -4.10. The molecular formula is C53H62N8O5S. The number of nitrogens with zero attached hydrogens (tertiary/aromatic N) is 3. The number of aliphatic imine (C=N–C) groups is 1. The maximum atomic E-state index is 15.0. The Morgan fingerprint density at radius 3 is 2.18 bits per heavy atom. The summed E-state index contributed by atoms with van der Waals surface area (Å²) in [5, 5.41) is 7.54. The van der Waals surface area contributed by atoms with Gasteiger partial charge in [0.2, 0.25) is 11.9 Å². The second-order valence-corrected chi connectivity index (χ2v) is 20.1. The van der Waals surface area contributed by atoms with Crippen LogP contribution in [0.2, 0.25) is 0 Å². The number of carbonyl (C=O) groups excluding carboxylic acids is 2. The van der Waals surface area contributed by atoms with Crippen molar-refractivity contribution in [2.75, 3.05) is 13.1 Å². The zero-order valence-electron chi connectivity index (χ0n) is 39.0. The molecule has 0 radical (unpaired) electrons. The molecule has 1 aromatic heterocycles.